The zero-order chi connectivity index (χ0) is 15.6. The Morgan fingerprint density at radius 1 is 1.22 bits per heavy atom. The normalized spacial score (nSPS) is 19.8. The Hall–Kier alpha value is -2.63. The van der Waals surface area contributed by atoms with E-state index in [0.717, 1.165) is 24.8 Å². The second-order valence-electron chi connectivity index (χ2n) is 6.21. The van der Waals surface area contributed by atoms with Gasteiger partial charge in [-0.1, -0.05) is 30.3 Å². The number of aromatic amines is 2. The van der Waals surface area contributed by atoms with Crippen molar-refractivity contribution >= 4 is 17.0 Å². The van der Waals surface area contributed by atoms with Crippen LogP contribution in [-0.2, 0) is 6.42 Å². The summed E-state index contributed by atoms with van der Waals surface area (Å²) in [6.07, 6.45) is 5.05. The Bertz CT molecular complexity index is 854. The highest BCUT2D eigenvalue weighted by Crippen LogP contribution is 2.43. The molecule has 1 aliphatic rings. The lowest BCUT2D eigenvalue weighted by molar-refractivity contribution is 0.659. The van der Waals surface area contributed by atoms with Crippen LogP contribution in [0.4, 0.5) is 5.95 Å². The molecule has 1 fully saturated rings. The van der Waals surface area contributed by atoms with Gasteiger partial charge in [-0.05, 0) is 36.7 Å². The lowest BCUT2D eigenvalue weighted by atomic mass is 10.1. The lowest BCUT2D eigenvalue weighted by Gasteiger charge is -2.05. The molecular weight excluding hydrogens is 290 g/mol. The SMILES string of the molecule is O=c1[nH]c(NCC[C@@H]2C[C@H]2Cc2ccccc2)nc2[nH]ncc12. The first kappa shape index (κ1) is 14.0. The summed E-state index contributed by atoms with van der Waals surface area (Å²) in [5.74, 6) is 2.07. The van der Waals surface area contributed by atoms with E-state index in [2.05, 4.69) is 55.8 Å². The highest BCUT2D eigenvalue weighted by molar-refractivity contribution is 5.73. The number of anilines is 1. The number of hydrogen-bond acceptors (Lipinski definition) is 4. The Labute approximate surface area is 133 Å². The van der Waals surface area contributed by atoms with Gasteiger partial charge in [0.1, 0.15) is 5.39 Å². The van der Waals surface area contributed by atoms with Crippen LogP contribution in [0.25, 0.3) is 11.0 Å². The molecule has 0 saturated heterocycles. The van der Waals surface area contributed by atoms with Crippen LogP contribution in [0, 0.1) is 11.8 Å². The summed E-state index contributed by atoms with van der Waals surface area (Å²) in [4.78, 5) is 18.9. The predicted octanol–water partition coefficient (Wildman–Crippen LogP) is 2.33. The van der Waals surface area contributed by atoms with E-state index in [0.29, 0.717) is 17.0 Å². The first-order chi connectivity index (χ1) is 11.3. The molecule has 6 heteroatoms. The molecule has 2 heterocycles. The van der Waals surface area contributed by atoms with E-state index in [1.54, 1.807) is 0 Å². The van der Waals surface area contributed by atoms with Crippen LogP contribution in [0.3, 0.4) is 0 Å². The summed E-state index contributed by atoms with van der Waals surface area (Å²) in [6.45, 7) is 0.818. The zero-order valence-corrected chi connectivity index (χ0v) is 12.7. The van der Waals surface area contributed by atoms with Crippen molar-refractivity contribution in [3.8, 4) is 0 Å². The van der Waals surface area contributed by atoms with Crippen LogP contribution in [0.5, 0.6) is 0 Å². The van der Waals surface area contributed by atoms with Crippen molar-refractivity contribution in [2.75, 3.05) is 11.9 Å². The number of benzene rings is 1. The number of hydrogen-bond donors (Lipinski definition) is 3. The van der Waals surface area contributed by atoms with Crippen LogP contribution < -0.4 is 10.9 Å². The average Bonchev–Trinajstić information content (AvgIpc) is 3.09. The monoisotopic (exact) mass is 309 g/mol. The molecular formula is C17H19N5O. The van der Waals surface area contributed by atoms with Crippen LogP contribution in [0.2, 0.25) is 0 Å². The predicted molar refractivity (Wildman–Crippen MR) is 89.4 cm³/mol. The molecule has 3 aromatic rings. The molecule has 6 nitrogen and oxygen atoms in total. The second kappa shape index (κ2) is 5.87. The number of nitrogens with zero attached hydrogens (tertiary/aromatic N) is 2. The molecule has 2 aromatic heterocycles. The minimum atomic E-state index is -0.167. The van der Waals surface area contributed by atoms with Crippen molar-refractivity contribution in [1.29, 1.82) is 0 Å². The van der Waals surface area contributed by atoms with Crippen LogP contribution in [-0.4, -0.2) is 26.7 Å². The Balaban J connectivity index is 1.28. The summed E-state index contributed by atoms with van der Waals surface area (Å²) in [7, 11) is 0. The maximum Gasteiger partial charge on any atom is 0.263 e. The van der Waals surface area contributed by atoms with Gasteiger partial charge in [0, 0.05) is 6.54 Å². The smallest absolute Gasteiger partial charge is 0.263 e. The van der Waals surface area contributed by atoms with E-state index in [4.69, 9.17) is 0 Å². The van der Waals surface area contributed by atoms with E-state index >= 15 is 0 Å². The molecule has 118 valence electrons. The van der Waals surface area contributed by atoms with Gasteiger partial charge in [0.2, 0.25) is 5.95 Å². The highest BCUT2D eigenvalue weighted by Gasteiger charge is 2.35. The molecule has 23 heavy (non-hydrogen) atoms. The van der Waals surface area contributed by atoms with Crippen molar-refractivity contribution in [1.82, 2.24) is 20.2 Å². The molecule has 0 radical (unpaired) electrons. The molecule has 0 amide bonds. The van der Waals surface area contributed by atoms with Gasteiger partial charge in [0.25, 0.3) is 5.56 Å². The summed E-state index contributed by atoms with van der Waals surface area (Å²) in [6, 6.07) is 10.6. The second-order valence-corrected chi connectivity index (χ2v) is 6.21. The molecule has 1 aliphatic carbocycles. The molecule has 1 saturated carbocycles. The van der Waals surface area contributed by atoms with E-state index in [1.165, 1.54) is 24.6 Å². The maximum absolute atomic E-state index is 11.8. The molecule has 0 unspecified atom stereocenters. The summed E-state index contributed by atoms with van der Waals surface area (Å²) in [5, 5.41) is 10.3. The largest absolute Gasteiger partial charge is 0.356 e. The highest BCUT2D eigenvalue weighted by atomic mass is 16.1. The van der Waals surface area contributed by atoms with E-state index in [1.807, 2.05) is 0 Å². The van der Waals surface area contributed by atoms with Gasteiger partial charge in [0.05, 0.1) is 6.20 Å². The number of fused-ring (bicyclic) bond motifs is 1. The third-order valence-electron chi connectivity index (χ3n) is 4.54. The van der Waals surface area contributed by atoms with Gasteiger partial charge in [-0.15, -0.1) is 0 Å². The van der Waals surface area contributed by atoms with E-state index in [-0.39, 0.29) is 5.56 Å². The Morgan fingerprint density at radius 2 is 2.09 bits per heavy atom. The summed E-state index contributed by atoms with van der Waals surface area (Å²) in [5.41, 5.74) is 1.77. The number of nitrogens with one attached hydrogen (secondary N) is 3. The molecule has 0 bridgehead atoms. The van der Waals surface area contributed by atoms with Gasteiger partial charge in [-0.25, -0.2) is 0 Å². The molecule has 2 atom stereocenters. The maximum atomic E-state index is 11.8. The Morgan fingerprint density at radius 3 is 2.96 bits per heavy atom. The molecule has 3 N–H and O–H groups in total. The lowest BCUT2D eigenvalue weighted by Crippen LogP contribution is -2.13. The van der Waals surface area contributed by atoms with Crippen molar-refractivity contribution in [2.45, 2.75) is 19.3 Å². The zero-order valence-electron chi connectivity index (χ0n) is 12.7. The fourth-order valence-electron chi connectivity index (χ4n) is 3.14. The van der Waals surface area contributed by atoms with Crippen molar-refractivity contribution in [3.05, 3.63) is 52.4 Å². The third kappa shape index (κ3) is 3.11. The summed E-state index contributed by atoms with van der Waals surface area (Å²) >= 11 is 0. The fourth-order valence-corrected chi connectivity index (χ4v) is 3.14. The van der Waals surface area contributed by atoms with Crippen LogP contribution >= 0.6 is 0 Å². The number of aromatic nitrogens is 4. The van der Waals surface area contributed by atoms with Gasteiger partial charge in [-0.2, -0.15) is 10.1 Å². The quantitative estimate of drug-likeness (QED) is 0.652. The minimum absolute atomic E-state index is 0.167. The van der Waals surface area contributed by atoms with E-state index in [9.17, 15) is 4.79 Å². The van der Waals surface area contributed by atoms with Crippen molar-refractivity contribution in [2.24, 2.45) is 11.8 Å². The molecule has 0 aliphatic heterocycles. The first-order valence-corrected chi connectivity index (χ1v) is 8.01. The number of rotatable bonds is 6. The van der Waals surface area contributed by atoms with Gasteiger partial charge in [-0.3, -0.25) is 14.9 Å². The molecule has 0 spiro atoms. The van der Waals surface area contributed by atoms with E-state index < -0.39 is 0 Å². The Kier molecular flexibility index (Phi) is 3.57. The molecule has 1 aromatic carbocycles. The van der Waals surface area contributed by atoms with Crippen molar-refractivity contribution in [3.63, 3.8) is 0 Å². The third-order valence-corrected chi connectivity index (χ3v) is 4.54. The standard InChI is InChI=1S/C17H19N5O/c23-16-14-10-19-22-15(14)20-17(21-16)18-7-6-12-9-13(12)8-11-4-2-1-3-5-11/h1-5,10,12-13H,6-9H2,(H3,18,19,20,21,22,23)/t12-,13-/m1/s1. The van der Waals surface area contributed by atoms with Gasteiger partial charge in [0.15, 0.2) is 5.65 Å². The summed E-state index contributed by atoms with van der Waals surface area (Å²) < 4.78 is 0. The molecule has 4 rings (SSSR count). The average molecular weight is 309 g/mol. The van der Waals surface area contributed by atoms with Crippen molar-refractivity contribution < 1.29 is 0 Å². The van der Waals surface area contributed by atoms with Crippen LogP contribution in [0.1, 0.15) is 18.4 Å². The number of H-pyrrole nitrogens is 2. The van der Waals surface area contributed by atoms with Gasteiger partial charge < -0.3 is 5.32 Å². The fraction of sp³-hybridized carbons (Fsp3) is 0.353. The topological polar surface area (TPSA) is 86.5 Å². The van der Waals surface area contributed by atoms with Crippen LogP contribution in [0.15, 0.2) is 41.3 Å². The van der Waals surface area contributed by atoms with Gasteiger partial charge >= 0.3 is 0 Å². The first-order valence-electron chi connectivity index (χ1n) is 8.01. The minimum Gasteiger partial charge on any atom is -0.356 e.